The number of fused-ring (bicyclic) bond motifs is 1. The number of rotatable bonds is 1. The Kier molecular flexibility index (Phi) is 2.10. The van der Waals surface area contributed by atoms with Crippen molar-refractivity contribution >= 4 is 5.97 Å². The van der Waals surface area contributed by atoms with Gasteiger partial charge >= 0.3 is 5.97 Å². The van der Waals surface area contributed by atoms with Gasteiger partial charge < -0.3 is 9.63 Å². The number of carboxylic acid groups (broad SMARTS) is 1. The molecular weight excluding hydrogens is 194 g/mol. The standard InChI is InChI=1S/C11H15NO3/c1-6-8-7(15-12-6)4-5-11(2,3)9(8)10(13)14/h9H,4-5H2,1-3H3,(H,13,14). The molecule has 1 unspecified atom stereocenters. The van der Waals surface area contributed by atoms with Gasteiger partial charge in [-0.05, 0) is 18.8 Å². The quantitative estimate of drug-likeness (QED) is 0.769. The number of carbonyl (C=O) groups is 1. The van der Waals surface area contributed by atoms with Crippen LogP contribution in [0.25, 0.3) is 0 Å². The molecule has 0 aliphatic heterocycles. The van der Waals surface area contributed by atoms with Crippen molar-refractivity contribution in [2.45, 2.75) is 39.5 Å². The van der Waals surface area contributed by atoms with E-state index >= 15 is 0 Å². The topological polar surface area (TPSA) is 63.3 Å². The number of carboxylic acids is 1. The Morgan fingerprint density at radius 2 is 2.27 bits per heavy atom. The van der Waals surface area contributed by atoms with Gasteiger partial charge in [0.15, 0.2) is 0 Å². The van der Waals surface area contributed by atoms with Crippen molar-refractivity contribution in [3.8, 4) is 0 Å². The van der Waals surface area contributed by atoms with Gasteiger partial charge in [-0.2, -0.15) is 0 Å². The smallest absolute Gasteiger partial charge is 0.311 e. The molecule has 1 aromatic rings. The number of hydrogen-bond acceptors (Lipinski definition) is 3. The first-order valence-electron chi connectivity index (χ1n) is 5.11. The monoisotopic (exact) mass is 209 g/mol. The first-order chi connectivity index (χ1) is 6.93. The van der Waals surface area contributed by atoms with Crippen LogP contribution >= 0.6 is 0 Å². The van der Waals surface area contributed by atoms with Crippen LogP contribution < -0.4 is 0 Å². The van der Waals surface area contributed by atoms with Crippen molar-refractivity contribution in [2.24, 2.45) is 5.41 Å². The predicted octanol–water partition coefficient (Wildman–Crippen LogP) is 2.12. The van der Waals surface area contributed by atoms with E-state index in [4.69, 9.17) is 4.52 Å². The van der Waals surface area contributed by atoms with Gasteiger partial charge in [0.25, 0.3) is 0 Å². The summed E-state index contributed by atoms with van der Waals surface area (Å²) in [5.74, 6) is -0.529. The number of hydrogen-bond donors (Lipinski definition) is 1. The van der Waals surface area contributed by atoms with E-state index in [0.29, 0.717) is 5.69 Å². The molecule has 0 aromatic carbocycles. The molecule has 1 aromatic heterocycles. The van der Waals surface area contributed by atoms with Gasteiger partial charge in [0.1, 0.15) is 5.76 Å². The van der Waals surface area contributed by atoms with E-state index < -0.39 is 11.9 Å². The Morgan fingerprint density at radius 3 is 2.87 bits per heavy atom. The van der Waals surface area contributed by atoms with Gasteiger partial charge in [0.05, 0.1) is 11.6 Å². The van der Waals surface area contributed by atoms with E-state index in [-0.39, 0.29) is 5.41 Å². The molecule has 0 bridgehead atoms. The lowest BCUT2D eigenvalue weighted by Gasteiger charge is -2.34. The van der Waals surface area contributed by atoms with Gasteiger partial charge in [0.2, 0.25) is 0 Å². The molecule has 0 saturated carbocycles. The fourth-order valence-electron chi connectivity index (χ4n) is 2.40. The summed E-state index contributed by atoms with van der Waals surface area (Å²) in [6.45, 7) is 5.78. The maximum absolute atomic E-state index is 11.3. The molecule has 15 heavy (non-hydrogen) atoms. The van der Waals surface area contributed by atoms with Crippen molar-refractivity contribution in [1.29, 1.82) is 0 Å². The number of aliphatic carboxylic acids is 1. The van der Waals surface area contributed by atoms with Gasteiger partial charge in [-0.25, -0.2) is 0 Å². The highest BCUT2D eigenvalue weighted by atomic mass is 16.5. The Morgan fingerprint density at radius 1 is 1.60 bits per heavy atom. The Hall–Kier alpha value is -1.32. The zero-order chi connectivity index (χ0) is 11.2. The predicted molar refractivity (Wildman–Crippen MR) is 53.7 cm³/mol. The van der Waals surface area contributed by atoms with Gasteiger partial charge in [0, 0.05) is 12.0 Å². The largest absolute Gasteiger partial charge is 0.481 e. The third-order valence-electron chi connectivity index (χ3n) is 3.30. The number of nitrogens with zero attached hydrogens (tertiary/aromatic N) is 1. The summed E-state index contributed by atoms with van der Waals surface area (Å²) in [5, 5.41) is 13.2. The normalized spacial score (nSPS) is 23.5. The lowest BCUT2D eigenvalue weighted by Crippen LogP contribution is -2.33. The zero-order valence-electron chi connectivity index (χ0n) is 9.20. The lowest BCUT2D eigenvalue weighted by molar-refractivity contribution is -0.142. The molecule has 82 valence electrons. The van der Waals surface area contributed by atoms with Gasteiger partial charge in [-0.15, -0.1) is 0 Å². The Labute approximate surface area is 88.3 Å². The van der Waals surface area contributed by atoms with Crippen LogP contribution in [0.15, 0.2) is 4.52 Å². The molecule has 1 aliphatic carbocycles. The van der Waals surface area contributed by atoms with Crippen LogP contribution in [0.4, 0.5) is 0 Å². The molecule has 1 aliphatic rings. The zero-order valence-corrected chi connectivity index (χ0v) is 9.20. The van der Waals surface area contributed by atoms with E-state index in [1.807, 2.05) is 13.8 Å². The van der Waals surface area contributed by atoms with Crippen molar-refractivity contribution < 1.29 is 14.4 Å². The van der Waals surface area contributed by atoms with Crippen LogP contribution in [0.1, 0.15) is 43.2 Å². The minimum atomic E-state index is -0.785. The highest BCUT2D eigenvalue weighted by molar-refractivity contribution is 5.78. The third kappa shape index (κ3) is 1.44. The van der Waals surface area contributed by atoms with E-state index in [2.05, 4.69) is 5.16 Å². The Bertz CT molecular complexity index is 406. The number of aromatic nitrogens is 1. The van der Waals surface area contributed by atoms with Crippen molar-refractivity contribution in [3.63, 3.8) is 0 Å². The van der Waals surface area contributed by atoms with Crippen LogP contribution in [-0.4, -0.2) is 16.2 Å². The molecule has 0 spiro atoms. The maximum Gasteiger partial charge on any atom is 0.311 e. The fraction of sp³-hybridized carbons (Fsp3) is 0.636. The van der Waals surface area contributed by atoms with E-state index in [9.17, 15) is 9.90 Å². The van der Waals surface area contributed by atoms with E-state index in [0.717, 1.165) is 24.2 Å². The third-order valence-corrected chi connectivity index (χ3v) is 3.30. The first-order valence-corrected chi connectivity index (χ1v) is 5.11. The van der Waals surface area contributed by atoms with E-state index in [1.165, 1.54) is 0 Å². The summed E-state index contributed by atoms with van der Waals surface area (Å²) < 4.78 is 5.15. The first kappa shape index (κ1) is 10.2. The molecule has 1 atom stereocenters. The van der Waals surface area contributed by atoms with E-state index in [1.54, 1.807) is 6.92 Å². The molecule has 2 rings (SSSR count). The lowest BCUT2D eigenvalue weighted by atomic mass is 9.67. The van der Waals surface area contributed by atoms with Crippen molar-refractivity contribution in [3.05, 3.63) is 17.0 Å². The molecule has 0 fully saturated rings. The van der Waals surface area contributed by atoms with Crippen LogP contribution in [0, 0.1) is 12.3 Å². The second kappa shape index (κ2) is 3.08. The summed E-state index contributed by atoms with van der Waals surface area (Å²) in [4.78, 5) is 11.3. The summed E-state index contributed by atoms with van der Waals surface area (Å²) in [5.41, 5.74) is 1.28. The molecule has 0 saturated heterocycles. The Balaban J connectivity index is 2.56. The average molecular weight is 209 g/mol. The molecule has 0 radical (unpaired) electrons. The molecular formula is C11H15NO3. The molecule has 4 heteroatoms. The molecule has 1 N–H and O–H groups in total. The van der Waals surface area contributed by atoms with Crippen molar-refractivity contribution in [2.75, 3.05) is 0 Å². The van der Waals surface area contributed by atoms with Crippen LogP contribution in [-0.2, 0) is 11.2 Å². The average Bonchev–Trinajstić information content (AvgIpc) is 2.46. The van der Waals surface area contributed by atoms with Crippen molar-refractivity contribution in [1.82, 2.24) is 5.16 Å². The summed E-state index contributed by atoms with van der Waals surface area (Å²) in [7, 11) is 0. The maximum atomic E-state index is 11.3. The highest BCUT2D eigenvalue weighted by Crippen LogP contribution is 2.46. The summed E-state index contributed by atoms with van der Waals surface area (Å²) >= 11 is 0. The molecule has 0 amide bonds. The molecule has 4 nitrogen and oxygen atoms in total. The summed E-state index contributed by atoms with van der Waals surface area (Å²) in [6.07, 6.45) is 1.61. The minimum absolute atomic E-state index is 0.227. The number of aryl methyl sites for hydroxylation is 2. The second-order valence-electron chi connectivity index (χ2n) is 4.86. The van der Waals surface area contributed by atoms with Crippen LogP contribution in [0.5, 0.6) is 0 Å². The fourth-order valence-corrected chi connectivity index (χ4v) is 2.40. The minimum Gasteiger partial charge on any atom is -0.481 e. The van der Waals surface area contributed by atoms with Gasteiger partial charge in [-0.3, -0.25) is 4.79 Å². The van der Waals surface area contributed by atoms with Crippen LogP contribution in [0.2, 0.25) is 0 Å². The highest BCUT2D eigenvalue weighted by Gasteiger charge is 2.43. The van der Waals surface area contributed by atoms with Gasteiger partial charge in [-0.1, -0.05) is 19.0 Å². The second-order valence-corrected chi connectivity index (χ2v) is 4.86. The SMILES string of the molecule is Cc1noc2c1C(C(=O)O)C(C)(C)CC2. The molecule has 1 heterocycles. The van der Waals surface area contributed by atoms with Crippen LogP contribution in [0.3, 0.4) is 0 Å². The summed E-state index contributed by atoms with van der Waals surface area (Å²) in [6, 6.07) is 0.